The van der Waals surface area contributed by atoms with Crippen LogP contribution < -0.4 is 5.11 Å². The van der Waals surface area contributed by atoms with Gasteiger partial charge in [-0.3, -0.25) is 0 Å². The molecule has 92 valence electrons. The molecule has 0 heterocycles. The Morgan fingerprint density at radius 2 is 1.94 bits per heavy atom. The summed E-state index contributed by atoms with van der Waals surface area (Å²) in [5.74, 6) is -1.56. The van der Waals surface area contributed by atoms with Gasteiger partial charge in [0.25, 0.3) is 0 Å². The van der Waals surface area contributed by atoms with Crippen LogP contribution in [0.2, 0.25) is 5.02 Å². The van der Waals surface area contributed by atoms with Gasteiger partial charge in [0.05, 0.1) is 5.97 Å². The van der Waals surface area contributed by atoms with Crippen molar-refractivity contribution < 1.29 is 14.3 Å². The number of carboxylic acid groups (broad SMARTS) is 1. The van der Waals surface area contributed by atoms with E-state index in [1.54, 1.807) is 0 Å². The monoisotopic (exact) mass is 255 g/mol. The Balaban J connectivity index is 2.49. The first-order chi connectivity index (χ1) is 8.06. The Kier molecular flexibility index (Phi) is 3.38. The second-order valence-electron chi connectivity index (χ2n) is 4.55. The highest BCUT2D eigenvalue weighted by Crippen LogP contribution is 2.42. The highest BCUT2D eigenvalue weighted by atomic mass is 35.5. The predicted octanol–water partition coefficient (Wildman–Crippen LogP) is 2.43. The largest absolute Gasteiger partial charge is 0.549 e. The summed E-state index contributed by atoms with van der Waals surface area (Å²) in [6.07, 6.45) is 3.72. The van der Waals surface area contributed by atoms with Crippen molar-refractivity contribution in [2.24, 2.45) is 0 Å². The lowest BCUT2D eigenvalue weighted by molar-refractivity contribution is -0.315. The van der Waals surface area contributed by atoms with Crippen LogP contribution in [0.15, 0.2) is 18.2 Å². The molecule has 0 atom stereocenters. The Hall–Kier alpha value is -1.09. The highest BCUT2D eigenvalue weighted by molar-refractivity contribution is 6.31. The van der Waals surface area contributed by atoms with E-state index in [-0.39, 0.29) is 5.02 Å². The van der Waals surface area contributed by atoms with Crippen molar-refractivity contribution in [1.82, 2.24) is 0 Å². The van der Waals surface area contributed by atoms with Gasteiger partial charge in [0.15, 0.2) is 0 Å². The van der Waals surface area contributed by atoms with Crippen LogP contribution in [0.25, 0.3) is 0 Å². The van der Waals surface area contributed by atoms with Crippen LogP contribution in [0.1, 0.15) is 37.7 Å². The van der Waals surface area contributed by atoms with Gasteiger partial charge < -0.3 is 9.90 Å². The Morgan fingerprint density at radius 1 is 1.29 bits per heavy atom. The number of benzene rings is 1. The molecule has 0 saturated heterocycles. The van der Waals surface area contributed by atoms with Crippen molar-refractivity contribution in [2.75, 3.05) is 0 Å². The lowest BCUT2D eigenvalue weighted by Gasteiger charge is -2.39. The van der Waals surface area contributed by atoms with E-state index in [1.807, 2.05) is 0 Å². The Morgan fingerprint density at radius 3 is 2.47 bits per heavy atom. The third-order valence-electron chi connectivity index (χ3n) is 3.54. The van der Waals surface area contributed by atoms with E-state index < -0.39 is 17.2 Å². The van der Waals surface area contributed by atoms with Gasteiger partial charge in [0.2, 0.25) is 0 Å². The quantitative estimate of drug-likeness (QED) is 0.814. The van der Waals surface area contributed by atoms with E-state index in [1.165, 1.54) is 12.1 Å². The number of rotatable bonds is 2. The van der Waals surface area contributed by atoms with Crippen LogP contribution in [-0.2, 0) is 10.2 Å². The van der Waals surface area contributed by atoms with Crippen molar-refractivity contribution in [1.29, 1.82) is 0 Å². The van der Waals surface area contributed by atoms with Gasteiger partial charge in [0, 0.05) is 10.4 Å². The van der Waals surface area contributed by atoms with E-state index in [4.69, 9.17) is 11.6 Å². The molecule has 1 fully saturated rings. The predicted molar refractivity (Wildman–Crippen MR) is 61.2 cm³/mol. The summed E-state index contributed by atoms with van der Waals surface area (Å²) in [6.45, 7) is 0. The number of hydrogen-bond donors (Lipinski definition) is 0. The van der Waals surface area contributed by atoms with Crippen LogP contribution in [0, 0.1) is 5.82 Å². The minimum Gasteiger partial charge on any atom is -0.549 e. The fraction of sp³-hybridized carbons (Fsp3) is 0.462. The van der Waals surface area contributed by atoms with E-state index in [0.717, 1.165) is 25.3 Å². The third kappa shape index (κ3) is 2.16. The second kappa shape index (κ2) is 4.65. The van der Waals surface area contributed by atoms with Gasteiger partial charge in [-0.25, -0.2) is 4.39 Å². The maximum Gasteiger partial charge on any atom is 0.124 e. The van der Waals surface area contributed by atoms with Crippen LogP contribution in [0.4, 0.5) is 4.39 Å². The molecule has 0 aromatic heterocycles. The van der Waals surface area contributed by atoms with E-state index in [0.29, 0.717) is 18.4 Å². The molecule has 0 unspecified atom stereocenters. The molecule has 0 spiro atoms. The molecule has 0 aliphatic heterocycles. The number of hydrogen-bond acceptors (Lipinski definition) is 2. The number of carbonyl (C=O) groups is 1. The van der Waals surface area contributed by atoms with Crippen molar-refractivity contribution in [3.8, 4) is 0 Å². The van der Waals surface area contributed by atoms with Crippen LogP contribution in [0.3, 0.4) is 0 Å². The van der Waals surface area contributed by atoms with Gasteiger partial charge in [-0.15, -0.1) is 0 Å². The van der Waals surface area contributed by atoms with Gasteiger partial charge in [0.1, 0.15) is 5.82 Å². The zero-order valence-electron chi connectivity index (χ0n) is 9.34. The molecule has 2 nitrogen and oxygen atoms in total. The molecule has 0 amide bonds. The number of aliphatic carboxylic acids is 1. The first kappa shape index (κ1) is 12.4. The summed E-state index contributed by atoms with van der Waals surface area (Å²) in [5.41, 5.74) is -0.552. The van der Waals surface area contributed by atoms with Gasteiger partial charge in [-0.2, -0.15) is 0 Å². The number of carbonyl (C=O) groups excluding carboxylic acids is 1. The molecule has 1 aromatic rings. The van der Waals surface area contributed by atoms with E-state index in [2.05, 4.69) is 0 Å². The minimum absolute atomic E-state index is 0.177. The zero-order chi connectivity index (χ0) is 12.5. The lowest BCUT2D eigenvalue weighted by atomic mass is 9.69. The Bertz CT molecular complexity index is 439. The van der Waals surface area contributed by atoms with E-state index in [9.17, 15) is 14.3 Å². The van der Waals surface area contributed by atoms with Crippen molar-refractivity contribution in [2.45, 2.75) is 37.5 Å². The fourth-order valence-corrected chi connectivity index (χ4v) is 2.96. The molecule has 4 heteroatoms. The summed E-state index contributed by atoms with van der Waals surface area (Å²) in [6, 6.07) is 3.88. The molecule has 17 heavy (non-hydrogen) atoms. The number of carboxylic acids is 1. The molecule has 2 rings (SSSR count). The van der Waals surface area contributed by atoms with Crippen LogP contribution in [0.5, 0.6) is 0 Å². The topological polar surface area (TPSA) is 40.1 Å². The normalized spacial score (nSPS) is 18.9. The molecule has 1 aliphatic carbocycles. The average Bonchev–Trinajstić information content (AvgIpc) is 2.29. The summed E-state index contributed by atoms with van der Waals surface area (Å²) in [7, 11) is 0. The first-order valence-corrected chi connectivity index (χ1v) is 6.11. The SMILES string of the molecule is O=C([O-])C1(c2ccc(F)cc2Cl)CCCCC1. The van der Waals surface area contributed by atoms with Crippen LogP contribution in [-0.4, -0.2) is 5.97 Å². The minimum atomic E-state index is -1.11. The summed E-state index contributed by atoms with van der Waals surface area (Å²) in [5, 5.41) is 11.6. The van der Waals surface area contributed by atoms with Crippen LogP contribution >= 0.6 is 11.6 Å². The summed E-state index contributed by atoms with van der Waals surface area (Å²) < 4.78 is 13.0. The average molecular weight is 256 g/mol. The maximum absolute atomic E-state index is 13.0. The zero-order valence-corrected chi connectivity index (χ0v) is 10.1. The molecule has 1 saturated carbocycles. The third-order valence-corrected chi connectivity index (χ3v) is 3.86. The molecule has 1 aromatic carbocycles. The molecule has 0 bridgehead atoms. The van der Waals surface area contributed by atoms with E-state index >= 15 is 0 Å². The molecule has 0 N–H and O–H groups in total. The highest BCUT2D eigenvalue weighted by Gasteiger charge is 2.36. The summed E-state index contributed by atoms with van der Waals surface area (Å²) >= 11 is 5.97. The van der Waals surface area contributed by atoms with Crippen molar-refractivity contribution in [3.05, 3.63) is 34.6 Å². The smallest absolute Gasteiger partial charge is 0.124 e. The molecule has 0 radical (unpaired) electrons. The summed E-state index contributed by atoms with van der Waals surface area (Å²) in [4.78, 5) is 11.5. The molecular formula is C13H13ClFO2-. The molecule has 1 aliphatic rings. The van der Waals surface area contributed by atoms with Gasteiger partial charge >= 0.3 is 0 Å². The Labute approximate surface area is 104 Å². The van der Waals surface area contributed by atoms with Gasteiger partial charge in [-0.1, -0.05) is 36.9 Å². The lowest BCUT2D eigenvalue weighted by Crippen LogP contribution is -2.47. The molecular weight excluding hydrogens is 243 g/mol. The second-order valence-corrected chi connectivity index (χ2v) is 4.96. The standard InChI is InChI=1S/C13H14ClFO2/c14-11-8-9(15)4-5-10(11)13(12(16)17)6-2-1-3-7-13/h4-5,8H,1-3,6-7H2,(H,16,17)/p-1. The fourth-order valence-electron chi connectivity index (χ4n) is 2.62. The first-order valence-electron chi connectivity index (χ1n) is 5.73. The van der Waals surface area contributed by atoms with Crippen molar-refractivity contribution >= 4 is 17.6 Å². The van der Waals surface area contributed by atoms with Crippen molar-refractivity contribution in [3.63, 3.8) is 0 Å². The maximum atomic E-state index is 13.0. The van der Waals surface area contributed by atoms with Gasteiger partial charge in [-0.05, 0) is 30.5 Å². The number of halogens is 2.